The third kappa shape index (κ3) is 8.21. The van der Waals surface area contributed by atoms with Crippen molar-refractivity contribution in [1.82, 2.24) is 4.90 Å². The highest BCUT2D eigenvalue weighted by Crippen LogP contribution is 2.00. The predicted molar refractivity (Wildman–Crippen MR) is 55.4 cm³/mol. The fourth-order valence-corrected chi connectivity index (χ4v) is 1.07. The van der Waals surface area contributed by atoms with Gasteiger partial charge in [0, 0.05) is 0 Å². The molecule has 0 aromatic heterocycles. The molecule has 11 heavy (non-hydrogen) atoms. The van der Waals surface area contributed by atoms with Crippen LogP contribution in [0.4, 0.5) is 0 Å². The molecule has 0 atom stereocenters. The standard InChI is InChI=1S/C9H21NS/c1-9(2)5-7-10(3)6-4-8-11/h9,11H,4-8H2,1-3H3. The number of thiol groups is 1. The van der Waals surface area contributed by atoms with Crippen molar-refractivity contribution in [1.29, 1.82) is 0 Å². The van der Waals surface area contributed by atoms with E-state index >= 15 is 0 Å². The van der Waals surface area contributed by atoms with Gasteiger partial charge < -0.3 is 4.90 Å². The van der Waals surface area contributed by atoms with Gasteiger partial charge in [-0.15, -0.1) is 0 Å². The maximum absolute atomic E-state index is 4.18. The lowest BCUT2D eigenvalue weighted by molar-refractivity contribution is 0.312. The number of rotatable bonds is 6. The Hall–Kier alpha value is 0.310. The monoisotopic (exact) mass is 175 g/mol. The second-order valence-electron chi connectivity index (χ2n) is 3.56. The topological polar surface area (TPSA) is 3.24 Å². The minimum absolute atomic E-state index is 0.827. The Kier molecular flexibility index (Phi) is 7.18. The van der Waals surface area contributed by atoms with Gasteiger partial charge in [0.05, 0.1) is 0 Å². The summed E-state index contributed by atoms with van der Waals surface area (Å²) < 4.78 is 0. The molecule has 1 nitrogen and oxygen atoms in total. The van der Waals surface area contributed by atoms with Gasteiger partial charge >= 0.3 is 0 Å². The lowest BCUT2D eigenvalue weighted by Gasteiger charge is -2.16. The average Bonchev–Trinajstić information content (AvgIpc) is 1.97. The molecule has 0 fully saturated rings. The molecule has 0 aliphatic carbocycles. The van der Waals surface area contributed by atoms with Crippen molar-refractivity contribution in [2.24, 2.45) is 5.92 Å². The van der Waals surface area contributed by atoms with E-state index in [9.17, 15) is 0 Å². The minimum atomic E-state index is 0.827. The first kappa shape index (κ1) is 11.3. The summed E-state index contributed by atoms with van der Waals surface area (Å²) in [6.45, 7) is 6.96. The Morgan fingerprint density at radius 3 is 2.36 bits per heavy atom. The van der Waals surface area contributed by atoms with E-state index in [4.69, 9.17) is 0 Å². The molecule has 68 valence electrons. The minimum Gasteiger partial charge on any atom is -0.306 e. The second-order valence-corrected chi connectivity index (χ2v) is 4.01. The fourth-order valence-electron chi connectivity index (χ4n) is 0.931. The Morgan fingerprint density at radius 1 is 1.27 bits per heavy atom. The second kappa shape index (κ2) is 6.99. The average molecular weight is 175 g/mol. The van der Waals surface area contributed by atoms with Gasteiger partial charge in [-0.2, -0.15) is 12.6 Å². The molecule has 0 aromatic rings. The summed E-state index contributed by atoms with van der Waals surface area (Å²) in [5, 5.41) is 0. The van der Waals surface area contributed by atoms with Crippen LogP contribution in [-0.4, -0.2) is 30.8 Å². The lowest BCUT2D eigenvalue weighted by Crippen LogP contribution is -2.22. The summed E-state index contributed by atoms with van der Waals surface area (Å²) in [7, 11) is 2.19. The van der Waals surface area contributed by atoms with Crippen molar-refractivity contribution in [2.45, 2.75) is 26.7 Å². The highest BCUT2D eigenvalue weighted by atomic mass is 32.1. The van der Waals surface area contributed by atoms with Gasteiger partial charge in [0.2, 0.25) is 0 Å². The molecule has 0 aliphatic rings. The molecule has 0 aliphatic heterocycles. The fraction of sp³-hybridized carbons (Fsp3) is 1.00. The molecule has 0 heterocycles. The Labute approximate surface area is 76.6 Å². The Bertz CT molecular complexity index is 83.6. The highest BCUT2D eigenvalue weighted by molar-refractivity contribution is 7.80. The van der Waals surface area contributed by atoms with Crippen molar-refractivity contribution < 1.29 is 0 Å². The van der Waals surface area contributed by atoms with E-state index in [0.717, 1.165) is 11.7 Å². The highest BCUT2D eigenvalue weighted by Gasteiger charge is 1.98. The molecule has 2 heteroatoms. The molecule has 0 unspecified atom stereocenters. The molecule has 0 radical (unpaired) electrons. The van der Waals surface area contributed by atoms with Crippen LogP contribution in [0, 0.1) is 5.92 Å². The van der Waals surface area contributed by atoms with Gasteiger partial charge in [-0.1, -0.05) is 13.8 Å². The number of hydrogen-bond donors (Lipinski definition) is 1. The first-order chi connectivity index (χ1) is 5.16. The van der Waals surface area contributed by atoms with Crippen LogP contribution in [0.1, 0.15) is 26.7 Å². The van der Waals surface area contributed by atoms with Gasteiger partial charge in [0.1, 0.15) is 0 Å². The smallest absolute Gasteiger partial charge is 0.00140 e. The molecule has 0 saturated carbocycles. The third-order valence-corrected chi connectivity index (χ3v) is 2.10. The van der Waals surface area contributed by atoms with Gasteiger partial charge in [-0.25, -0.2) is 0 Å². The lowest BCUT2D eigenvalue weighted by atomic mass is 10.1. The van der Waals surface area contributed by atoms with Gasteiger partial charge in [-0.05, 0) is 44.6 Å². The maximum atomic E-state index is 4.18. The first-order valence-corrected chi connectivity index (χ1v) is 5.09. The van der Waals surface area contributed by atoms with E-state index in [1.54, 1.807) is 0 Å². The molecule has 0 rings (SSSR count). The van der Waals surface area contributed by atoms with Gasteiger partial charge in [-0.3, -0.25) is 0 Å². The van der Waals surface area contributed by atoms with Crippen LogP contribution in [0.25, 0.3) is 0 Å². The van der Waals surface area contributed by atoms with Crippen molar-refractivity contribution in [3.63, 3.8) is 0 Å². The molecule has 0 saturated heterocycles. The Balaban J connectivity index is 3.15. The first-order valence-electron chi connectivity index (χ1n) is 4.46. The quantitative estimate of drug-likeness (QED) is 0.606. The third-order valence-electron chi connectivity index (χ3n) is 1.79. The van der Waals surface area contributed by atoms with E-state index in [1.165, 1.54) is 25.9 Å². The summed E-state index contributed by atoms with van der Waals surface area (Å²) >= 11 is 4.18. The largest absolute Gasteiger partial charge is 0.306 e. The molecule has 0 spiro atoms. The molecular weight excluding hydrogens is 154 g/mol. The maximum Gasteiger partial charge on any atom is -0.00140 e. The predicted octanol–water partition coefficient (Wildman–Crippen LogP) is 2.28. The zero-order valence-corrected chi connectivity index (χ0v) is 8.90. The van der Waals surface area contributed by atoms with Crippen LogP contribution in [0.5, 0.6) is 0 Å². The molecule has 0 bridgehead atoms. The number of hydrogen-bond acceptors (Lipinski definition) is 2. The van der Waals surface area contributed by atoms with Crippen LogP contribution in [0.15, 0.2) is 0 Å². The molecule has 0 N–H and O–H groups in total. The summed E-state index contributed by atoms with van der Waals surface area (Å²) in [4.78, 5) is 2.39. The van der Waals surface area contributed by atoms with E-state index in [-0.39, 0.29) is 0 Å². The number of nitrogens with zero attached hydrogens (tertiary/aromatic N) is 1. The van der Waals surface area contributed by atoms with E-state index in [1.807, 2.05) is 0 Å². The summed E-state index contributed by atoms with van der Waals surface area (Å²) in [5.74, 6) is 1.83. The van der Waals surface area contributed by atoms with Crippen LogP contribution in [0.3, 0.4) is 0 Å². The van der Waals surface area contributed by atoms with Crippen LogP contribution in [-0.2, 0) is 0 Å². The molecular formula is C9H21NS. The summed E-state index contributed by atoms with van der Waals surface area (Å²) in [5.41, 5.74) is 0. The van der Waals surface area contributed by atoms with E-state index in [2.05, 4.69) is 38.4 Å². The summed E-state index contributed by atoms with van der Waals surface area (Å²) in [6.07, 6.45) is 2.51. The zero-order valence-electron chi connectivity index (χ0n) is 8.01. The van der Waals surface area contributed by atoms with Crippen molar-refractivity contribution in [3.8, 4) is 0 Å². The SMILES string of the molecule is CC(C)CCN(C)CCCS. The summed E-state index contributed by atoms with van der Waals surface area (Å²) in [6, 6.07) is 0. The normalized spacial score (nSPS) is 11.5. The van der Waals surface area contributed by atoms with Crippen LogP contribution >= 0.6 is 12.6 Å². The van der Waals surface area contributed by atoms with Gasteiger partial charge in [0.25, 0.3) is 0 Å². The van der Waals surface area contributed by atoms with E-state index in [0.29, 0.717) is 0 Å². The van der Waals surface area contributed by atoms with E-state index < -0.39 is 0 Å². The van der Waals surface area contributed by atoms with Gasteiger partial charge in [0.15, 0.2) is 0 Å². The van der Waals surface area contributed by atoms with Crippen molar-refractivity contribution in [3.05, 3.63) is 0 Å². The van der Waals surface area contributed by atoms with Crippen molar-refractivity contribution >= 4 is 12.6 Å². The molecule has 0 aromatic carbocycles. The molecule has 0 amide bonds. The zero-order chi connectivity index (χ0) is 8.69. The van der Waals surface area contributed by atoms with Crippen molar-refractivity contribution in [2.75, 3.05) is 25.9 Å². The Morgan fingerprint density at radius 2 is 1.91 bits per heavy atom. The van der Waals surface area contributed by atoms with Crippen LogP contribution < -0.4 is 0 Å². The van der Waals surface area contributed by atoms with Crippen LogP contribution in [0.2, 0.25) is 0 Å².